The second kappa shape index (κ2) is 12.0. The summed E-state index contributed by atoms with van der Waals surface area (Å²) in [6.07, 6.45) is -8.64. The van der Waals surface area contributed by atoms with Gasteiger partial charge in [-0.3, -0.25) is 4.18 Å². The van der Waals surface area contributed by atoms with Crippen LogP contribution in [0.4, 0.5) is 13.2 Å². The van der Waals surface area contributed by atoms with E-state index < -0.39 is 76.7 Å². The highest BCUT2D eigenvalue weighted by Gasteiger charge is 2.57. The fourth-order valence-corrected chi connectivity index (χ4v) is 5.65. The molecule has 3 fully saturated rings. The van der Waals surface area contributed by atoms with Crippen LogP contribution in [-0.2, 0) is 54.1 Å². The summed E-state index contributed by atoms with van der Waals surface area (Å²) in [7, 11) is -2.97. The van der Waals surface area contributed by atoms with Crippen LogP contribution >= 0.6 is 0 Å². The fourth-order valence-electron chi connectivity index (χ4n) is 5.02. The minimum absolute atomic E-state index is 0.0459. The smallest absolute Gasteiger partial charge is 0.497 e. The van der Waals surface area contributed by atoms with E-state index in [2.05, 4.69) is 4.18 Å². The lowest BCUT2D eigenvalue weighted by atomic mass is 9.98. The molecular weight excluding hydrogens is 565 g/mol. The fraction of sp³-hybridized carbons (Fsp3) is 0.760. The van der Waals surface area contributed by atoms with Gasteiger partial charge in [0.15, 0.2) is 18.4 Å². The van der Waals surface area contributed by atoms with Crippen LogP contribution in [0, 0.1) is 0 Å². The maximum absolute atomic E-state index is 13.3. The van der Waals surface area contributed by atoms with E-state index in [1.807, 2.05) is 0 Å². The van der Waals surface area contributed by atoms with Crippen LogP contribution in [0.2, 0.25) is 0 Å². The topological polar surface area (TPSA) is 117 Å². The normalized spacial score (nSPS) is 36.3. The first-order chi connectivity index (χ1) is 18.6. The second-order valence-corrected chi connectivity index (χ2v) is 11.8. The van der Waals surface area contributed by atoms with Crippen molar-refractivity contribution in [3.63, 3.8) is 0 Å². The molecule has 1 aromatic carbocycles. The first-order valence-corrected chi connectivity index (χ1v) is 14.1. The summed E-state index contributed by atoms with van der Waals surface area (Å²) in [5, 5.41) is 0. The number of alkyl halides is 3. The summed E-state index contributed by atoms with van der Waals surface area (Å²) in [5.41, 5.74) is -4.95. The molecule has 0 saturated carbocycles. The van der Waals surface area contributed by atoms with Crippen molar-refractivity contribution in [2.45, 2.75) is 107 Å². The number of halogens is 3. The van der Waals surface area contributed by atoms with Crippen LogP contribution in [-0.4, -0.2) is 89.2 Å². The molecule has 228 valence electrons. The molecule has 3 aliphatic rings. The van der Waals surface area contributed by atoms with Gasteiger partial charge in [-0.2, -0.15) is 21.6 Å². The summed E-state index contributed by atoms with van der Waals surface area (Å²) in [5.74, 6) is -0.370. The number of hydrogen-bond donors (Lipinski definition) is 0. The van der Waals surface area contributed by atoms with Crippen molar-refractivity contribution in [3.05, 3.63) is 29.8 Å². The summed E-state index contributed by atoms with van der Waals surface area (Å²) >= 11 is 0. The standard InChI is InChI=1S/C25H35F3O11S/c1-13-19(33-12-15-7-9-16(31-5)10-8-15)17(39-40(29,30)25(26,27)28)11-18(34-13)36-20-14(2)35-23(32-6)22-21(20)37-24(3,4)38-22/h7-10,13-14,17-23H,11-12H2,1-6H3/t13-,14+,17+,18+,19-,20+,21-,22-,23-/m1/s1. The maximum Gasteiger partial charge on any atom is 0.523 e. The highest BCUT2D eigenvalue weighted by Crippen LogP contribution is 2.40. The average Bonchev–Trinajstić information content (AvgIpc) is 3.19. The van der Waals surface area contributed by atoms with Gasteiger partial charge in [0, 0.05) is 13.5 Å². The van der Waals surface area contributed by atoms with E-state index in [9.17, 15) is 21.6 Å². The first-order valence-electron chi connectivity index (χ1n) is 12.7. The van der Waals surface area contributed by atoms with Gasteiger partial charge in [-0.05, 0) is 45.4 Å². The average molecular weight is 601 g/mol. The van der Waals surface area contributed by atoms with Crippen LogP contribution in [0.5, 0.6) is 5.75 Å². The Labute approximate surface area is 231 Å². The lowest BCUT2D eigenvalue weighted by molar-refractivity contribution is -0.318. The number of rotatable bonds is 9. The van der Waals surface area contributed by atoms with Crippen LogP contribution in [0.3, 0.4) is 0 Å². The van der Waals surface area contributed by atoms with E-state index >= 15 is 0 Å². The quantitative estimate of drug-likeness (QED) is 0.307. The number of ether oxygens (including phenoxy) is 8. The SMILES string of the molecule is COc1ccc(CO[C@H]2[C@@H](OS(=O)(=O)C(F)(F)F)C[C@H](O[C@@H]3[C@H]4OC(C)(C)O[C@H]4[C@H](OC)O[C@H]3C)O[C@@H]2C)cc1. The van der Waals surface area contributed by atoms with E-state index in [4.69, 9.17) is 37.9 Å². The van der Waals surface area contributed by atoms with E-state index in [-0.39, 0.29) is 13.0 Å². The van der Waals surface area contributed by atoms with Gasteiger partial charge < -0.3 is 37.9 Å². The number of methoxy groups -OCH3 is 2. The summed E-state index contributed by atoms with van der Waals surface area (Å²) < 4.78 is 115. The van der Waals surface area contributed by atoms with Crippen molar-refractivity contribution < 1.29 is 63.7 Å². The molecule has 0 spiro atoms. The van der Waals surface area contributed by atoms with Crippen LogP contribution in [0.25, 0.3) is 0 Å². The predicted molar refractivity (Wildman–Crippen MR) is 130 cm³/mol. The van der Waals surface area contributed by atoms with Crippen molar-refractivity contribution in [3.8, 4) is 5.75 Å². The predicted octanol–water partition coefficient (Wildman–Crippen LogP) is 3.25. The minimum Gasteiger partial charge on any atom is -0.497 e. The van der Waals surface area contributed by atoms with Crippen molar-refractivity contribution >= 4 is 10.1 Å². The Hall–Kier alpha value is -1.56. The molecule has 4 rings (SSSR count). The molecule has 0 bridgehead atoms. The molecular formula is C25H35F3O11S. The van der Waals surface area contributed by atoms with Gasteiger partial charge in [-0.25, -0.2) is 0 Å². The Morgan fingerprint density at radius 1 is 0.975 bits per heavy atom. The number of fused-ring (bicyclic) bond motifs is 1. The van der Waals surface area contributed by atoms with Crippen molar-refractivity contribution in [2.75, 3.05) is 14.2 Å². The zero-order valence-electron chi connectivity index (χ0n) is 23.0. The van der Waals surface area contributed by atoms with Crippen molar-refractivity contribution in [1.82, 2.24) is 0 Å². The maximum atomic E-state index is 13.3. The monoisotopic (exact) mass is 600 g/mol. The first kappa shape index (κ1) is 31.4. The molecule has 3 heterocycles. The Morgan fingerprint density at radius 3 is 2.20 bits per heavy atom. The van der Waals surface area contributed by atoms with E-state index in [0.29, 0.717) is 11.3 Å². The molecule has 15 heteroatoms. The second-order valence-electron chi connectivity index (χ2n) is 10.3. The third-order valence-electron chi connectivity index (χ3n) is 6.86. The summed E-state index contributed by atoms with van der Waals surface area (Å²) in [6.45, 7) is 6.64. The third kappa shape index (κ3) is 6.90. The molecule has 40 heavy (non-hydrogen) atoms. The molecule has 0 aliphatic carbocycles. The molecule has 3 saturated heterocycles. The van der Waals surface area contributed by atoms with E-state index in [1.165, 1.54) is 21.1 Å². The minimum atomic E-state index is -5.95. The van der Waals surface area contributed by atoms with Gasteiger partial charge in [0.25, 0.3) is 0 Å². The lowest BCUT2D eigenvalue weighted by Gasteiger charge is -2.44. The molecule has 11 nitrogen and oxygen atoms in total. The van der Waals surface area contributed by atoms with Crippen LogP contribution < -0.4 is 4.74 Å². The van der Waals surface area contributed by atoms with Crippen LogP contribution in [0.15, 0.2) is 24.3 Å². The zero-order valence-corrected chi connectivity index (χ0v) is 23.8. The number of benzene rings is 1. The highest BCUT2D eigenvalue weighted by molar-refractivity contribution is 7.87. The van der Waals surface area contributed by atoms with Gasteiger partial charge in [-0.15, -0.1) is 0 Å². The Balaban J connectivity index is 1.52. The molecule has 0 unspecified atom stereocenters. The third-order valence-corrected chi connectivity index (χ3v) is 7.93. The molecule has 3 aliphatic heterocycles. The van der Waals surface area contributed by atoms with E-state index in [1.54, 1.807) is 45.0 Å². The summed E-state index contributed by atoms with van der Waals surface area (Å²) in [6, 6.07) is 6.80. The Morgan fingerprint density at radius 2 is 1.60 bits per heavy atom. The van der Waals surface area contributed by atoms with Gasteiger partial charge in [-0.1, -0.05) is 12.1 Å². The largest absolute Gasteiger partial charge is 0.523 e. The van der Waals surface area contributed by atoms with Gasteiger partial charge in [0.2, 0.25) is 0 Å². The molecule has 0 amide bonds. The molecule has 1 aromatic rings. The highest BCUT2D eigenvalue weighted by atomic mass is 32.2. The van der Waals surface area contributed by atoms with Gasteiger partial charge in [0.1, 0.15) is 36.3 Å². The molecule has 0 aromatic heterocycles. The lowest BCUT2D eigenvalue weighted by Crippen LogP contribution is -2.59. The molecule has 9 atom stereocenters. The van der Waals surface area contributed by atoms with Crippen molar-refractivity contribution in [2.24, 2.45) is 0 Å². The van der Waals surface area contributed by atoms with Gasteiger partial charge in [0.05, 0.1) is 25.9 Å². The number of hydrogen-bond acceptors (Lipinski definition) is 11. The molecule has 0 radical (unpaired) electrons. The molecule has 0 N–H and O–H groups in total. The van der Waals surface area contributed by atoms with Crippen molar-refractivity contribution in [1.29, 1.82) is 0 Å². The Kier molecular flexibility index (Phi) is 9.39. The van der Waals surface area contributed by atoms with E-state index in [0.717, 1.165) is 0 Å². The summed E-state index contributed by atoms with van der Waals surface area (Å²) in [4.78, 5) is 0. The van der Waals surface area contributed by atoms with Crippen LogP contribution in [0.1, 0.15) is 39.7 Å². The zero-order chi connectivity index (χ0) is 29.5. The Bertz CT molecular complexity index is 1100. The van der Waals surface area contributed by atoms with Gasteiger partial charge >= 0.3 is 15.6 Å².